The van der Waals surface area contributed by atoms with Crippen LogP contribution < -0.4 is 20.7 Å². The molecule has 3 amide bonds. The number of benzene rings is 2. The van der Waals surface area contributed by atoms with Crippen LogP contribution in [-0.4, -0.2) is 49.4 Å². The van der Waals surface area contributed by atoms with Gasteiger partial charge in [-0.25, -0.2) is 0 Å². The van der Waals surface area contributed by atoms with E-state index in [2.05, 4.69) is 16.0 Å². The molecule has 160 valence electrons. The van der Waals surface area contributed by atoms with Crippen LogP contribution in [0.25, 0.3) is 0 Å². The summed E-state index contributed by atoms with van der Waals surface area (Å²) in [5.74, 6) is 0.0680. The minimum Gasteiger partial charge on any atom is -0.495 e. The Kier molecular flexibility index (Phi) is 8.22. The van der Waals surface area contributed by atoms with Crippen molar-refractivity contribution < 1.29 is 19.1 Å². The van der Waals surface area contributed by atoms with Crippen molar-refractivity contribution in [2.24, 2.45) is 0 Å². The fraction of sp³-hybridized carbons (Fsp3) is 0.318. The zero-order chi connectivity index (χ0) is 22.1. The molecule has 30 heavy (non-hydrogen) atoms. The molecule has 0 heterocycles. The Morgan fingerprint density at radius 2 is 1.57 bits per heavy atom. The highest BCUT2D eigenvalue weighted by Gasteiger charge is 2.13. The van der Waals surface area contributed by atoms with Gasteiger partial charge in [-0.15, -0.1) is 0 Å². The molecule has 0 bridgehead atoms. The van der Waals surface area contributed by atoms with E-state index in [9.17, 15) is 14.4 Å². The standard InChI is InChI=1S/C22H28N4O4/c1-5-26(6-2)22(29)16-7-9-17(10-8-16)25-21(28)14-23-19-13-18(24-15(3)27)11-12-20(19)30-4/h7-13,23H,5-6,14H2,1-4H3,(H,24,27)(H,25,28). The lowest BCUT2D eigenvalue weighted by atomic mass is 10.1. The molecule has 0 aliphatic heterocycles. The average molecular weight is 412 g/mol. The monoisotopic (exact) mass is 412 g/mol. The molecule has 0 radical (unpaired) electrons. The molecule has 0 atom stereocenters. The van der Waals surface area contributed by atoms with E-state index < -0.39 is 0 Å². The lowest BCUT2D eigenvalue weighted by Gasteiger charge is -2.18. The number of nitrogens with one attached hydrogen (secondary N) is 3. The van der Waals surface area contributed by atoms with Crippen molar-refractivity contribution in [1.82, 2.24) is 4.90 Å². The summed E-state index contributed by atoms with van der Waals surface area (Å²) in [5.41, 5.74) is 2.35. The first-order chi connectivity index (χ1) is 14.4. The summed E-state index contributed by atoms with van der Waals surface area (Å²) in [4.78, 5) is 37.6. The van der Waals surface area contributed by atoms with Crippen LogP contribution in [0.4, 0.5) is 17.1 Å². The summed E-state index contributed by atoms with van der Waals surface area (Å²) in [6.07, 6.45) is 0. The topological polar surface area (TPSA) is 99.8 Å². The largest absolute Gasteiger partial charge is 0.495 e. The lowest BCUT2D eigenvalue weighted by Crippen LogP contribution is -2.30. The van der Waals surface area contributed by atoms with Gasteiger partial charge in [0.1, 0.15) is 5.75 Å². The van der Waals surface area contributed by atoms with Crippen LogP contribution in [0.1, 0.15) is 31.1 Å². The Labute approximate surface area is 176 Å². The van der Waals surface area contributed by atoms with Crippen molar-refractivity contribution in [2.45, 2.75) is 20.8 Å². The predicted octanol–water partition coefficient (Wildman–Crippen LogP) is 3.19. The third-order valence-electron chi connectivity index (χ3n) is 4.43. The van der Waals surface area contributed by atoms with Crippen molar-refractivity contribution in [3.8, 4) is 5.75 Å². The summed E-state index contributed by atoms with van der Waals surface area (Å²) in [6, 6.07) is 11.9. The van der Waals surface area contributed by atoms with Crippen molar-refractivity contribution in [3.63, 3.8) is 0 Å². The molecular weight excluding hydrogens is 384 g/mol. The van der Waals surface area contributed by atoms with E-state index in [1.165, 1.54) is 14.0 Å². The van der Waals surface area contributed by atoms with Gasteiger partial charge in [-0.2, -0.15) is 0 Å². The number of amides is 3. The van der Waals surface area contributed by atoms with Crippen LogP contribution in [0.15, 0.2) is 42.5 Å². The van der Waals surface area contributed by atoms with Crippen LogP contribution >= 0.6 is 0 Å². The first kappa shape index (κ1) is 22.7. The summed E-state index contributed by atoms with van der Waals surface area (Å²) >= 11 is 0. The van der Waals surface area contributed by atoms with Gasteiger partial charge >= 0.3 is 0 Å². The van der Waals surface area contributed by atoms with Gasteiger partial charge in [-0.3, -0.25) is 14.4 Å². The van der Waals surface area contributed by atoms with Gasteiger partial charge < -0.3 is 25.6 Å². The number of nitrogens with zero attached hydrogens (tertiary/aromatic N) is 1. The third-order valence-corrected chi connectivity index (χ3v) is 4.43. The van der Waals surface area contributed by atoms with Crippen LogP contribution in [0.3, 0.4) is 0 Å². The van der Waals surface area contributed by atoms with Gasteiger partial charge in [0.15, 0.2) is 0 Å². The maximum absolute atomic E-state index is 12.3. The van der Waals surface area contributed by atoms with Gasteiger partial charge in [0.25, 0.3) is 5.91 Å². The molecule has 0 aliphatic rings. The summed E-state index contributed by atoms with van der Waals surface area (Å²) < 4.78 is 5.29. The maximum atomic E-state index is 12.3. The molecule has 8 nitrogen and oxygen atoms in total. The molecular formula is C22H28N4O4. The second-order valence-corrected chi connectivity index (χ2v) is 6.55. The van der Waals surface area contributed by atoms with Gasteiger partial charge in [-0.1, -0.05) is 0 Å². The Morgan fingerprint density at radius 3 is 2.13 bits per heavy atom. The maximum Gasteiger partial charge on any atom is 0.253 e. The zero-order valence-corrected chi connectivity index (χ0v) is 17.7. The highest BCUT2D eigenvalue weighted by atomic mass is 16.5. The zero-order valence-electron chi connectivity index (χ0n) is 17.7. The van der Waals surface area contributed by atoms with Crippen molar-refractivity contribution in [1.29, 1.82) is 0 Å². The Balaban J connectivity index is 1.98. The van der Waals surface area contributed by atoms with Gasteiger partial charge in [0, 0.05) is 37.0 Å². The number of carbonyl (C=O) groups excluding carboxylic acids is 3. The van der Waals surface area contributed by atoms with Crippen molar-refractivity contribution in [2.75, 3.05) is 42.7 Å². The number of methoxy groups -OCH3 is 1. The van der Waals surface area contributed by atoms with Crippen LogP contribution in [-0.2, 0) is 9.59 Å². The molecule has 0 spiro atoms. The van der Waals surface area contributed by atoms with Crippen molar-refractivity contribution >= 4 is 34.8 Å². The van der Waals surface area contributed by atoms with E-state index in [4.69, 9.17) is 4.74 Å². The fourth-order valence-electron chi connectivity index (χ4n) is 2.90. The molecule has 2 aromatic carbocycles. The van der Waals surface area contributed by atoms with Gasteiger partial charge in [-0.05, 0) is 56.3 Å². The highest BCUT2D eigenvalue weighted by Crippen LogP contribution is 2.27. The van der Waals surface area contributed by atoms with Crippen LogP contribution in [0.2, 0.25) is 0 Å². The number of ether oxygens (including phenoxy) is 1. The molecule has 0 saturated heterocycles. The van der Waals surface area contributed by atoms with E-state index in [-0.39, 0.29) is 24.3 Å². The summed E-state index contributed by atoms with van der Waals surface area (Å²) in [7, 11) is 1.53. The number of hydrogen-bond acceptors (Lipinski definition) is 5. The van der Waals surface area contributed by atoms with Crippen LogP contribution in [0, 0.1) is 0 Å². The van der Waals surface area contributed by atoms with E-state index >= 15 is 0 Å². The summed E-state index contributed by atoms with van der Waals surface area (Å²) in [5, 5.41) is 8.48. The Morgan fingerprint density at radius 1 is 0.933 bits per heavy atom. The molecule has 0 fully saturated rings. The number of anilines is 3. The molecule has 2 aromatic rings. The van der Waals surface area contributed by atoms with Gasteiger partial charge in [0.2, 0.25) is 11.8 Å². The predicted molar refractivity (Wildman–Crippen MR) is 118 cm³/mol. The second-order valence-electron chi connectivity index (χ2n) is 6.55. The minimum absolute atomic E-state index is 0.0000138. The molecule has 8 heteroatoms. The Bertz CT molecular complexity index is 893. The summed E-state index contributed by atoms with van der Waals surface area (Å²) in [6.45, 7) is 6.58. The number of carbonyl (C=O) groups is 3. The van der Waals surface area contributed by atoms with E-state index in [1.807, 2.05) is 13.8 Å². The van der Waals surface area contributed by atoms with Crippen LogP contribution in [0.5, 0.6) is 5.75 Å². The van der Waals surface area contributed by atoms with Gasteiger partial charge in [0.05, 0.1) is 19.3 Å². The average Bonchev–Trinajstić information content (AvgIpc) is 2.73. The molecule has 0 aromatic heterocycles. The minimum atomic E-state index is -0.259. The first-order valence-electron chi connectivity index (χ1n) is 9.76. The second kappa shape index (κ2) is 10.8. The smallest absolute Gasteiger partial charge is 0.253 e. The van der Waals surface area contributed by atoms with Crippen molar-refractivity contribution in [3.05, 3.63) is 48.0 Å². The normalized spacial score (nSPS) is 10.1. The quantitative estimate of drug-likeness (QED) is 0.587. The highest BCUT2D eigenvalue weighted by molar-refractivity contribution is 5.97. The number of hydrogen-bond donors (Lipinski definition) is 3. The number of rotatable bonds is 9. The van der Waals surface area contributed by atoms with E-state index in [1.54, 1.807) is 47.4 Å². The molecule has 0 aliphatic carbocycles. The fourth-order valence-corrected chi connectivity index (χ4v) is 2.90. The van der Waals surface area contributed by atoms with E-state index in [0.29, 0.717) is 41.5 Å². The lowest BCUT2D eigenvalue weighted by molar-refractivity contribution is -0.115. The van der Waals surface area contributed by atoms with E-state index in [0.717, 1.165) is 0 Å². The third kappa shape index (κ3) is 6.23. The molecule has 0 saturated carbocycles. The first-order valence-corrected chi connectivity index (χ1v) is 9.76. The molecule has 3 N–H and O–H groups in total. The Hall–Kier alpha value is -3.55. The SMILES string of the molecule is CCN(CC)C(=O)c1ccc(NC(=O)CNc2cc(NC(C)=O)ccc2OC)cc1. The molecule has 2 rings (SSSR count). The molecule has 0 unspecified atom stereocenters.